The van der Waals surface area contributed by atoms with Gasteiger partial charge in [0.2, 0.25) is 0 Å². The average molecular weight is 1490 g/mol. The molecule has 102 heavy (non-hydrogen) atoms. The van der Waals surface area contributed by atoms with Crippen molar-refractivity contribution in [3.63, 3.8) is 0 Å². The van der Waals surface area contributed by atoms with Crippen molar-refractivity contribution in [1.29, 1.82) is 0 Å². The van der Waals surface area contributed by atoms with Crippen LogP contribution in [0.25, 0.3) is 0 Å². The summed E-state index contributed by atoms with van der Waals surface area (Å²) in [7, 11) is -9.92. The summed E-state index contributed by atoms with van der Waals surface area (Å²) in [4.78, 5) is 73.1. The van der Waals surface area contributed by atoms with Crippen LogP contribution in [0.5, 0.6) is 0 Å². The van der Waals surface area contributed by atoms with Crippen molar-refractivity contribution in [1.82, 2.24) is 0 Å². The number of phosphoric acid groups is 2. The van der Waals surface area contributed by atoms with Crippen LogP contribution in [0.4, 0.5) is 0 Å². The molecular formula is C83H162O17P2. The van der Waals surface area contributed by atoms with E-state index in [-0.39, 0.29) is 25.7 Å². The van der Waals surface area contributed by atoms with E-state index in [4.69, 9.17) is 37.0 Å². The molecule has 17 nitrogen and oxygen atoms in total. The van der Waals surface area contributed by atoms with Crippen molar-refractivity contribution >= 4 is 39.5 Å². The Morgan fingerprint density at radius 2 is 0.451 bits per heavy atom. The molecule has 3 N–H and O–H groups in total. The summed E-state index contributed by atoms with van der Waals surface area (Å²) in [5.74, 6) is -1.30. The Morgan fingerprint density at radius 3 is 0.667 bits per heavy atom. The van der Waals surface area contributed by atoms with E-state index in [1.54, 1.807) is 0 Å². The fourth-order valence-corrected chi connectivity index (χ4v) is 14.5. The first-order valence-corrected chi connectivity index (χ1v) is 46.1. The molecule has 0 bridgehead atoms. The Kier molecular flexibility index (Phi) is 74.4. The van der Waals surface area contributed by atoms with Crippen LogP contribution in [-0.2, 0) is 65.4 Å². The molecule has 0 amide bonds. The van der Waals surface area contributed by atoms with Crippen LogP contribution >= 0.6 is 15.6 Å². The van der Waals surface area contributed by atoms with Gasteiger partial charge < -0.3 is 33.8 Å². The number of aliphatic hydroxyl groups excluding tert-OH is 1. The number of phosphoric ester groups is 2. The second-order valence-corrected chi connectivity index (χ2v) is 33.3. The monoisotopic (exact) mass is 1490 g/mol. The molecule has 606 valence electrons. The maximum absolute atomic E-state index is 13.1. The second-order valence-electron chi connectivity index (χ2n) is 30.3. The highest BCUT2D eigenvalue weighted by atomic mass is 31.2. The number of unbranched alkanes of at least 4 members (excludes halogenated alkanes) is 55. The molecule has 19 heteroatoms. The third-order valence-corrected chi connectivity index (χ3v) is 21.4. The van der Waals surface area contributed by atoms with Gasteiger partial charge in [-0.25, -0.2) is 9.13 Å². The third kappa shape index (κ3) is 76.3. The molecule has 0 aromatic rings. The molecule has 0 spiro atoms. The summed E-state index contributed by atoms with van der Waals surface area (Å²) in [6.45, 7) is 7.38. The van der Waals surface area contributed by atoms with Gasteiger partial charge in [0.25, 0.3) is 0 Å². The van der Waals surface area contributed by atoms with Crippen molar-refractivity contribution in [2.75, 3.05) is 39.6 Å². The standard InChI is InChI=1S/C83H162O17P2/c1-6-9-12-15-18-21-24-27-28-29-30-33-38-42-47-52-57-62-67-81(86)94-73-79(100-83(88)69-64-59-54-49-44-39-34-31-32-37-40-45-50-55-60-65-76(4)5)75-98-102(91,92)96-71-77(84)70-95-101(89,90)97-74-78(99-82(87)68-63-58-53-48-43-36-26-23-20-17-14-11-8-3)72-93-80(85)66-61-56-51-46-41-35-25-22-19-16-13-10-7-2/h76-79,84H,6-75H2,1-5H3,(H,89,90)(H,91,92)/t77-,78+,79+/m0/s1. The van der Waals surface area contributed by atoms with Gasteiger partial charge in [-0.05, 0) is 31.6 Å². The first-order chi connectivity index (χ1) is 49.5. The Hall–Kier alpha value is -1.94. The molecular weight excluding hydrogens is 1330 g/mol. The maximum Gasteiger partial charge on any atom is 0.472 e. The Bertz CT molecular complexity index is 1940. The van der Waals surface area contributed by atoms with E-state index in [9.17, 15) is 43.2 Å². The van der Waals surface area contributed by atoms with Crippen LogP contribution < -0.4 is 0 Å². The zero-order valence-electron chi connectivity index (χ0n) is 66.8. The highest BCUT2D eigenvalue weighted by Gasteiger charge is 2.30. The molecule has 0 rings (SSSR count). The summed E-state index contributed by atoms with van der Waals surface area (Å²) in [6, 6.07) is 0. The Balaban J connectivity index is 5.25. The fraction of sp³-hybridized carbons (Fsp3) is 0.952. The van der Waals surface area contributed by atoms with Crippen LogP contribution in [0.1, 0.15) is 446 Å². The highest BCUT2D eigenvalue weighted by molar-refractivity contribution is 7.47. The van der Waals surface area contributed by atoms with Crippen LogP contribution in [0, 0.1) is 5.92 Å². The van der Waals surface area contributed by atoms with Gasteiger partial charge in [-0.1, -0.05) is 394 Å². The zero-order valence-corrected chi connectivity index (χ0v) is 68.5. The minimum atomic E-state index is -4.96. The van der Waals surface area contributed by atoms with E-state index < -0.39 is 97.5 Å². The SMILES string of the molecule is CCCCCCCCCCCCCCCCCCCCC(=O)OC[C@H](COP(=O)(O)OC[C@@H](O)COP(=O)(O)OC[C@@H](COC(=O)CCCCCCCCCCCCCCC)OC(=O)CCCCCCCCCCCCCCC)OC(=O)CCCCCCCCCCCCCCCCCC(C)C. The van der Waals surface area contributed by atoms with Gasteiger partial charge in [0, 0.05) is 25.7 Å². The summed E-state index contributed by atoms with van der Waals surface area (Å²) in [5.41, 5.74) is 0. The van der Waals surface area contributed by atoms with Crippen LogP contribution in [0.3, 0.4) is 0 Å². The first-order valence-electron chi connectivity index (χ1n) is 43.1. The van der Waals surface area contributed by atoms with Gasteiger partial charge in [-0.2, -0.15) is 0 Å². The zero-order chi connectivity index (χ0) is 74.8. The van der Waals surface area contributed by atoms with E-state index in [1.807, 2.05) is 0 Å². The maximum atomic E-state index is 13.1. The van der Waals surface area contributed by atoms with Gasteiger partial charge in [0.05, 0.1) is 26.4 Å². The van der Waals surface area contributed by atoms with E-state index in [2.05, 4.69) is 34.6 Å². The summed E-state index contributed by atoms with van der Waals surface area (Å²) >= 11 is 0. The fourth-order valence-electron chi connectivity index (χ4n) is 12.9. The van der Waals surface area contributed by atoms with Crippen molar-refractivity contribution in [3.8, 4) is 0 Å². The highest BCUT2D eigenvalue weighted by Crippen LogP contribution is 2.45. The predicted molar refractivity (Wildman–Crippen MR) is 418 cm³/mol. The molecule has 0 radical (unpaired) electrons. The van der Waals surface area contributed by atoms with Gasteiger partial charge in [-0.15, -0.1) is 0 Å². The Morgan fingerprint density at radius 1 is 0.265 bits per heavy atom. The lowest BCUT2D eigenvalue weighted by molar-refractivity contribution is -0.161. The Labute approximate surface area is 626 Å². The molecule has 0 saturated carbocycles. The summed E-state index contributed by atoms with van der Waals surface area (Å²) in [5, 5.41) is 10.7. The predicted octanol–water partition coefficient (Wildman–Crippen LogP) is 25.2. The normalized spacial score (nSPS) is 13.8. The molecule has 0 aromatic carbocycles. The van der Waals surface area contributed by atoms with Gasteiger partial charge in [-0.3, -0.25) is 37.3 Å². The number of hydrogen-bond donors (Lipinski definition) is 3. The minimum absolute atomic E-state index is 0.109. The molecule has 2 unspecified atom stereocenters. The van der Waals surface area contributed by atoms with Gasteiger partial charge in [0.15, 0.2) is 12.2 Å². The largest absolute Gasteiger partial charge is 0.472 e. The van der Waals surface area contributed by atoms with E-state index in [1.165, 1.54) is 270 Å². The third-order valence-electron chi connectivity index (χ3n) is 19.5. The van der Waals surface area contributed by atoms with Crippen molar-refractivity contribution in [2.45, 2.75) is 464 Å². The van der Waals surface area contributed by atoms with Crippen molar-refractivity contribution < 1.29 is 80.2 Å². The number of ether oxygens (including phenoxy) is 4. The molecule has 0 fully saturated rings. The van der Waals surface area contributed by atoms with Crippen molar-refractivity contribution in [3.05, 3.63) is 0 Å². The molecule has 0 saturated heterocycles. The number of rotatable bonds is 83. The first kappa shape index (κ1) is 100. The van der Waals surface area contributed by atoms with Crippen LogP contribution in [0.2, 0.25) is 0 Å². The lowest BCUT2D eigenvalue weighted by Gasteiger charge is -2.21. The van der Waals surface area contributed by atoms with Crippen LogP contribution in [-0.4, -0.2) is 96.7 Å². The number of aliphatic hydroxyl groups is 1. The summed E-state index contributed by atoms with van der Waals surface area (Å²) in [6.07, 6.45) is 67.8. The second kappa shape index (κ2) is 75.9. The molecule has 0 aliphatic rings. The average Bonchev–Trinajstić information content (AvgIpc) is 0.922. The molecule has 0 aliphatic heterocycles. The lowest BCUT2D eigenvalue weighted by atomic mass is 10.0. The molecule has 5 atom stereocenters. The molecule has 0 aromatic heterocycles. The van der Waals surface area contributed by atoms with E-state index in [0.717, 1.165) is 95.8 Å². The lowest BCUT2D eigenvalue weighted by Crippen LogP contribution is -2.30. The number of carbonyl (C=O) groups is 4. The van der Waals surface area contributed by atoms with Gasteiger partial charge >= 0.3 is 39.5 Å². The molecule has 0 heterocycles. The smallest absolute Gasteiger partial charge is 0.462 e. The number of carbonyl (C=O) groups excluding carboxylic acids is 4. The minimum Gasteiger partial charge on any atom is -0.462 e. The van der Waals surface area contributed by atoms with E-state index in [0.29, 0.717) is 25.7 Å². The van der Waals surface area contributed by atoms with Gasteiger partial charge in [0.1, 0.15) is 19.3 Å². The van der Waals surface area contributed by atoms with E-state index >= 15 is 0 Å². The molecule has 0 aliphatic carbocycles. The quantitative estimate of drug-likeness (QED) is 0.0222. The topological polar surface area (TPSA) is 237 Å². The number of esters is 4. The number of hydrogen-bond acceptors (Lipinski definition) is 15. The van der Waals surface area contributed by atoms with Crippen LogP contribution in [0.15, 0.2) is 0 Å². The summed E-state index contributed by atoms with van der Waals surface area (Å²) < 4.78 is 68.8. The van der Waals surface area contributed by atoms with Crippen molar-refractivity contribution in [2.24, 2.45) is 5.92 Å².